The number of nitrogens with two attached hydrogens (primary N) is 1. The zero-order valence-corrected chi connectivity index (χ0v) is 12.9. The number of anilines is 2. The third kappa shape index (κ3) is 3.98. The van der Waals surface area contributed by atoms with Gasteiger partial charge in [0.15, 0.2) is 0 Å². The zero-order valence-electron chi connectivity index (χ0n) is 12.9. The highest BCUT2D eigenvalue weighted by Gasteiger charge is 2.24. The lowest BCUT2D eigenvalue weighted by Crippen LogP contribution is -2.50. The summed E-state index contributed by atoms with van der Waals surface area (Å²) in [6.07, 6.45) is 0. The first-order valence-corrected chi connectivity index (χ1v) is 7.13. The van der Waals surface area contributed by atoms with Crippen molar-refractivity contribution < 1.29 is 14.2 Å². The van der Waals surface area contributed by atoms with Crippen molar-refractivity contribution in [2.75, 3.05) is 50.5 Å². The molecule has 2 rings (SSSR count). The van der Waals surface area contributed by atoms with Crippen LogP contribution >= 0.6 is 0 Å². The third-order valence-corrected chi connectivity index (χ3v) is 3.62. The molecule has 0 aromatic heterocycles. The molecule has 0 amide bonds. The standard InChI is InChI=1S/C15H24FN3O2/c1-15(2,20)10-18-4-6-19(7-5-18)13-9-14(21-3)12(17)8-11(13)16/h8-9,20H,4-7,10,17H2,1-3H3. The van der Waals surface area contributed by atoms with E-state index in [2.05, 4.69) is 4.90 Å². The Morgan fingerprint density at radius 2 is 1.90 bits per heavy atom. The van der Waals surface area contributed by atoms with Gasteiger partial charge in [-0.05, 0) is 13.8 Å². The summed E-state index contributed by atoms with van der Waals surface area (Å²) in [5.41, 5.74) is 5.81. The Bertz CT molecular complexity index is 494. The highest BCUT2D eigenvalue weighted by Crippen LogP contribution is 2.31. The summed E-state index contributed by atoms with van der Waals surface area (Å²) in [4.78, 5) is 4.17. The molecule has 118 valence electrons. The number of aliphatic hydroxyl groups is 1. The molecule has 0 atom stereocenters. The van der Waals surface area contributed by atoms with Crippen LogP contribution in [-0.4, -0.2) is 55.4 Å². The van der Waals surface area contributed by atoms with Gasteiger partial charge in [-0.25, -0.2) is 4.39 Å². The topological polar surface area (TPSA) is 62.0 Å². The zero-order chi connectivity index (χ0) is 15.6. The molecular formula is C15H24FN3O2. The van der Waals surface area contributed by atoms with Gasteiger partial charge < -0.3 is 20.5 Å². The first kappa shape index (κ1) is 15.9. The summed E-state index contributed by atoms with van der Waals surface area (Å²) in [7, 11) is 1.52. The Hall–Kier alpha value is -1.53. The SMILES string of the molecule is COc1cc(N2CCN(CC(C)(C)O)CC2)c(F)cc1N. The van der Waals surface area contributed by atoms with Crippen molar-refractivity contribution in [1.29, 1.82) is 0 Å². The third-order valence-electron chi connectivity index (χ3n) is 3.62. The predicted molar refractivity (Wildman–Crippen MR) is 82.3 cm³/mol. The molecule has 0 spiro atoms. The first-order valence-electron chi connectivity index (χ1n) is 7.13. The van der Waals surface area contributed by atoms with Gasteiger partial charge in [-0.2, -0.15) is 0 Å². The van der Waals surface area contributed by atoms with Crippen LogP contribution in [0, 0.1) is 5.82 Å². The van der Waals surface area contributed by atoms with Crippen LogP contribution in [0.1, 0.15) is 13.8 Å². The minimum Gasteiger partial charge on any atom is -0.495 e. The first-order chi connectivity index (χ1) is 9.80. The van der Waals surface area contributed by atoms with E-state index in [1.165, 1.54) is 13.2 Å². The average molecular weight is 297 g/mol. The quantitative estimate of drug-likeness (QED) is 0.821. The summed E-state index contributed by atoms with van der Waals surface area (Å²) < 4.78 is 19.2. The highest BCUT2D eigenvalue weighted by molar-refractivity contribution is 5.63. The number of nitrogen functional groups attached to an aromatic ring is 1. The van der Waals surface area contributed by atoms with Gasteiger partial charge in [0.2, 0.25) is 0 Å². The van der Waals surface area contributed by atoms with Crippen molar-refractivity contribution in [3.05, 3.63) is 17.9 Å². The Balaban J connectivity index is 2.05. The molecule has 0 saturated carbocycles. The average Bonchev–Trinajstić information content (AvgIpc) is 2.38. The molecule has 0 bridgehead atoms. The Morgan fingerprint density at radius 3 is 2.43 bits per heavy atom. The number of β-amino-alcohol motifs (C(OH)–C–C–N with tert-alkyl or cyclic N) is 1. The van der Waals surface area contributed by atoms with Crippen molar-refractivity contribution >= 4 is 11.4 Å². The van der Waals surface area contributed by atoms with Crippen molar-refractivity contribution in [2.24, 2.45) is 0 Å². The van der Waals surface area contributed by atoms with Crippen LogP contribution in [-0.2, 0) is 0 Å². The van der Waals surface area contributed by atoms with Crippen LogP contribution in [0.25, 0.3) is 0 Å². The number of piperazine rings is 1. The van der Waals surface area contributed by atoms with Gasteiger partial charge >= 0.3 is 0 Å². The summed E-state index contributed by atoms with van der Waals surface area (Å²) >= 11 is 0. The van der Waals surface area contributed by atoms with Gasteiger partial charge in [0.05, 0.1) is 24.1 Å². The molecule has 1 saturated heterocycles. The highest BCUT2D eigenvalue weighted by atomic mass is 19.1. The number of rotatable bonds is 4. The summed E-state index contributed by atoms with van der Waals surface area (Å²) in [6, 6.07) is 2.95. The maximum absolute atomic E-state index is 14.1. The van der Waals surface area contributed by atoms with Crippen molar-refractivity contribution in [3.63, 3.8) is 0 Å². The molecule has 5 nitrogen and oxygen atoms in total. The molecule has 1 fully saturated rings. The summed E-state index contributed by atoms with van der Waals surface area (Å²) in [5.74, 6) is 0.162. The Kier molecular flexibility index (Phi) is 4.58. The van der Waals surface area contributed by atoms with Crippen molar-refractivity contribution in [1.82, 2.24) is 4.90 Å². The fraction of sp³-hybridized carbons (Fsp3) is 0.600. The lowest BCUT2D eigenvalue weighted by molar-refractivity contribution is 0.0344. The minimum absolute atomic E-state index is 0.305. The van der Waals surface area contributed by atoms with E-state index in [4.69, 9.17) is 10.5 Å². The number of methoxy groups -OCH3 is 1. The molecule has 6 heteroatoms. The van der Waals surface area contributed by atoms with Crippen LogP contribution in [0.2, 0.25) is 0 Å². The maximum Gasteiger partial charge on any atom is 0.148 e. The number of hydrogen-bond acceptors (Lipinski definition) is 5. The van der Waals surface area contributed by atoms with Crippen LogP contribution in [0.3, 0.4) is 0 Å². The maximum atomic E-state index is 14.1. The van der Waals surface area contributed by atoms with E-state index < -0.39 is 5.60 Å². The number of ether oxygens (including phenoxy) is 1. The van der Waals surface area contributed by atoms with E-state index in [9.17, 15) is 9.50 Å². The second kappa shape index (κ2) is 6.07. The second-order valence-electron chi connectivity index (χ2n) is 6.12. The molecular weight excluding hydrogens is 273 g/mol. The van der Waals surface area contributed by atoms with Crippen molar-refractivity contribution in [3.8, 4) is 5.75 Å². The molecule has 3 N–H and O–H groups in total. The predicted octanol–water partition coefficient (Wildman–Crippen LogP) is 1.31. The smallest absolute Gasteiger partial charge is 0.148 e. The minimum atomic E-state index is -0.710. The van der Waals surface area contributed by atoms with Gasteiger partial charge in [0.1, 0.15) is 11.6 Å². The van der Waals surface area contributed by atoms with E-state index in [-0.39, 0.29) is 5.82 Å². The molecule has 0 aliphatic carbocycles. The number of benzene rings is 1. The van der Waals surface area contributed by atoms with Gasteiger partial charge in [0, 0.05) is 44.9 Å². The molecule has 0 radical (unpaired) electrons. The van der Waals surface area contributed by atoms with Gasteiger partial charge in [-0.1, -0.05) is 0 Å². The fourth-order valence-electron chi connectivity index (χ4n) is 2.67. The Labute approximate surface area is 125 Å². The lowest BCUT2D eigenvalue weighted by atomic mass is 10.1. The van der Waals surface area contributed by atoms with Gasteiger partial charge in [-0.15, -0.1) is 0 Å². The molecule has 1 heterocycles. The van der Waals surface area contributed by atoms with E-state index in [1.54, 1.807) is 19.9 Å². The number of nitrogens with zero attached hydrogens (tertiary/aromatic N) is 2. The van der Waals surface area contributed by atoms with Crippen molar-refractivity contribution in [2.45, 2.75) is 19.4 Å². The van der Waals surface area contributed by atoms with E-state index >= 15 is 0 Å². The number of hydrogen-bond donors (Lipinski definition) is 2. The van der Waals surface area contributed by atoms with Gasteiger partial charge in [-0.3, -0.25) is 4.90 Å². The monoisotopic (exact) mass is 297 g/mol. The van der Waals surface area contributed by atoms with Crippen LogP contribution in [0.4, 0.5) is 15.8 Å². The summed E-state index contributed by atoms with van der Waals surface area (Å²) in [5, 5.41) is 9.85. The molecule has 21 heavy (non-hydrogen) atoms. The largest absolute Gasteiger partial charge is 0.495 e. The van der Waals surface area contributed by atoms with Crippen LogP contribution < -0.4 is 15.4 Å². The van der Waals surface area contributed by atoms with Crippen LogP contribution in [0.15, 0.2) is 12.1 Å². The molecule has 1 aliphatic heterocycles. The lowest BCUT2D eigenvalue weighted by Gasteiger charge is -2.38. The Morgan fingerprint density at radius 1 is 1.29 bits per heavy atom. The molecule has 0 unspecified atom stereocenters. The molecule has 1 aromatic rings. The van der Waals surface area contributed by atoms with E-state index in [1.807, 2.05) is 4.90 Å². The molecule has 1 aliphatic rings. The fourth-order valence-corrected chi connectivity index (χ4v) is 2.67. The second-order valence-corrected chi connectivity index (χ2v) is 6.12. The number of halogens is 1. The summed E-state index contributed by atoms with van der Waals surface area (Å²) in [6.45, 7) is 7.20. The normalized spacial score (nSPS) is 17.1. The van der Waals surface area contributed by atoms with E-state index in [0.717, 1.165) is 13.1 Å². The van der Waals surface area contributed by atoms with Gasteiger partial charge in [0.25, 0.3) is 0 Å². The van der Waals surface area contributed by atoms with Crippen LogP contribution in [0.5, 0.6) is 5.75 Å². The van der Waals surface area contributed by atoms with E-state index in [0.29, 0.717) is 36.8 Å². The molecule has 1 aromatic carbocycles.